The molecule has 0 aliphatic rings. The Hall–Kier alpha value is -1.65. The Morgan fingerprint density at radius 2 is 0.650 bits per heavy atom. The summed E-state index contributed by atoms with van der Waals surface area (Å²) in [5, 5.41) is 0. The molecule has 0 saturated heterocycles. The van der Waals surface area contributed by atoms with Crippen molar-refractivity contribution in [2.24, 2.45) is 0 Å². The molecule has 3 aromatic rings. The Kier molecular flexibility index (Phi) is 5.32. The molecule has 3 rings (SSSR count). The Balaban J connectivity index is 0.00000147. The fourth-order valence-corrected chi connectivity index (χ4v) is 7.56. The third-order valence-corrected chi connectivity index (χ3v) is 8.75. The molecule has 20 heavy (non-hydrogen) atoms. The van der Waals surface area contributed by atoms with E-state index in [2.05, 4.69) is 91.0 Å². The minimum absolute atomic E-state index is 0. The summed E-state index contributed by atoms with van der Waals surface area (Å²) in [5.41, 5.74) is 0. The zero-order valence-electron chi connectivity index (χ0n) is 11.0. The summed E-state index contributed by atoms with van der Waals surface area (Å²) in [7, 11) is 0. The van der Waals surface area contributed by atoms with E-state index in [1.54, 1.807) is 0 Å². The van der Waals surface area contributed by atoms with Gasteiger partial charge in [0.05, 0.1) is 0 Å². The zero-order chi connectivity index (χ0) is 12.9. The molecular weight excluding hydrogens is 359 g/mol. The number of hydrogen-bond acceptors (Lipinski definition) is 1. The summed E-state index contributed by atoms with van der Waals surface area (Å²) < 4.78 is 4.47. The van der Waals surface area contributed by atoms with Crippen LogP contribution >= 0.6 is 19.8 Å². The second-order valence-electron chi connectivity index (χ2n) is 4.17. The first-order valence-corrected chi connectivity index (χ1v) is 9.54. The van der Waals surface area contributed by atoms with E-state index >= 15 is 0 Å². The normalized spacial score (nSPS) is 10.5. The molecule has 1 nitrogen and oxygen atoms in total. The van der Waals surface area contributed by atoms with Crippen molar-refractivity contribution in [2.45, 2.75) is 0 Å². The predicted octanol–water partition coefficient (Wildman–Crippen LogP) is 4.93. The van der Waals surface area contributed by atoms with Crippen LogP contribution in [0.5, 0.6) is 0 Å². The molecule has 0 bridgehead atoms. The SMILES string of the molecule is [OH-].c1ccc(I(c2ccccc2)c2ccccc2)cc1. The second-order valence-corrected chi connectivity index (χ2v) is 9.53. The first-order chi connectivity index (χ1) is 9.45. The molecule has 0 heterocycles. The molecule has 0 fully saturated rings. The predicted molar refractivity (Wildman–Crippen MR) is 91.4 cm³/mol. The maximum atomic E-state index is 2.27. The number of rotatable bonds is 3. The van der Waals surface area contributed by atoms with Gasteiger partial charge in [-0.1, -0.05) is 0 Å². The number of benzene rings is 3. The van der Waals surface area contributed by atoms with Crippen molar-refractivity contribution < 1.29 is 5.48 Å². The fourth-order valence-electron chi connectivity index (χ4n) is 2.00. The topological polar surface area (TPSA) is 30.0 Å². The van der Waals surface area contributed by atoms with Crippen LogP contribution in [0, 0.1) is 10.7 Å². The minimum atomic E-state index is -1.52. The van der Waals surface area contributed by atoms with Crippen molar-refractivity contribution >= 4 is 19.8 Å². The number of halogens is 1. The van der Waals surface area contributed by atoms with Crippen LogP contribution in [0.3, 0.4) is 0 Å². The standard InChI is InChI=1S/C18H15I.H2O/c1-4-10-16(11-5-1)19(17-12-6-2-7-13-17)18-14-8-3-9-15-18;/h1-15H;1H2/p-1. The summed E-state index contributed by atoms with van der Waals surface area (Å²) >= 11 is -1.52. The maximum absolute atomic E-state index is 2.27. The van der Waals surface area contributed by atoms with Crippen LogP contribution < -0.4 is 0 Å². The summed E-state index contributed by atoms with van der Waals surface area (Å²) in [4.78, 5) is 0. The first kappa shape index (κ1) is 14.8. The molecule has 0 spiro atoms. The van der Waals surface area contributed by atoms with Crippen molar-refractivity contribution in [1.82, 2.24) is 0 Å². The van der Waals surface area contributed by atoms with Gasteiger partial charge in [0.25, 0.3) is 0 Å². The first-order valence-electron chi connectivity index (χ1n) is 6.30. The third-order valence-electron chi connectivity index (χ3n) is 2.85. The molecule has 0 aromatic heterocycles. The monoisotopic (exact) mass is 375 g/mol. The second kappa shape index (κ2) is 7.22. The molecule has 0 amide bonds. The molecule has 0 radical (unpaired) electrons. The van der Waals surface area contributed by atoms with Crippen molar-refractivity contribution in [3.05, 3.63) is 102 Å². The van der Waals surface area contributed by atoms with E-state index in [1.807, 2.05) is 0 Å². The molecule has 2 heteroatoms. The van der Waals surface area contributed by atoms with Gasteiger partial charge in [-0.25, -0.2) is 0 Å². The molecule has 102 valence electrons. The summed E-state index contributed by atoms with van der Waals surface area (Å²) in [5.74, 6) is 0. The van der Waals surface area contributed by atoms with Gasteiger partial charge < -0.3 is 5.48 Å². The van der Waals surface area contributed by atoms with Gasteiger partial charge in [-0.3, -0.25) is 0 Å². The van der Waals surface area contributed by atoms with Crippen LogP contribution in [-0.4, -0.2) is 5.48 Å². The molecule has 0 atom stereocenters. The quantitative estimate of drug-likeness (QED) is 0.598. The van der Waals surface area contributed by atoms with E-state index in [0.29, 0.717) is 0 Å². The average Bonchev–Trinajstić information content (AvgIpc) is 2.51. The molecule has 0 aliphatic heterocycles. The van der Waals surface area contributed by atoms with Gasteiger partial charge in [-0.15, -0.1) is 0 Å². The molecule has 1 N–H and O–H groups in total. The van der Waals surface area contributed by atoms with Crippen LogP contribution in [0.4, 0.5) is 0 Å². The van der Waals surface area contributed by atoms with Gasteiger partial charge in [0.1, 0.15) is 0 Å². The van der Waals surface area contributed by atoms with E-state index in [1.165, 1.54) is 10.7 Å². The Labute approximate surface area is 127 Å². The Bertz CT molecular complexity index is 529. The van der Waals surface area contributed by atoms with Crippen molar-refractivity contribution in [3.8, 4) is 0 Å². The van der Waals surface area contributed by atoms with Gasteiger partial charge in [-0.2, -0.15) is 0 Å². The van der Waals surface area contributed by atoms with Crippen LogP contribution in [-0.2, 0) is 0 Å². The van der Waals surface area contributed by atoms with Crippen molar-refractivity contribution in [2.75, 3.05) is 0 Å². The summed E-state index contributed by atoms with van der Waals surface area (Å²) in [6.45, 7) is 0. The number of hydrogen-bond donors (Lipinski definition) is 0. The van der Waals surface area contributed by atoms with E-state index in [4.69, 9.17) is 0 Å². The average molecular weight is 375 g/mol. The van der Waals surface area contributed by atoms with Gasteiger partial charge in [0.15, 0.2) is 0 Å². The molecule has 0 saturated carbocycles. The van der Waals surface area contributed by atoms with Crippen molar-refractivity contribution in [1.29, 1.82) is 0 Å². The van der Waals surface area contributed by atoms with E-state index in [0.717, 1.165) is 0 Å². The zero-order valence-corrected chi connectivity index (χ0v) is 13.1. The van der Waals surface area contributed by atoms with Gasteiger partial charge >= 0.3 is 122 Å². The van der Waals surface area contributed by atoms with Gasteiger partial charge in [0.2, 0.25) is 0 Å². The van der Waals surface area contributed by atoms with Crippen LogP contribution in [0.15, 0.2) is 91.0 Å². The van der Waals surface area contributed by atoms with E-state index < -0.39 is 19.8 Å². The Morgan fingerprint density at radius 1 is 0.400 bits per heavy atom. The van der Waals surface area contributed by atoms with Crippen LogP contribution in [0.25, 0.3) is 0 Å². The van der Waals surface area contributed by atoms with E-state index in [-0.39, 0.29) is 5.48 Å². The summed E-state index contributed by atoms with van der Waals surface area (Å²) in [6, 6.07) is 32.8. The van der Waals surface area contributed by atoms with Crippen molar-refractivity contribution in [3.63, 3.8) is 0 Å². The molecule has 3 aromatic carbocycles. The van der Waals surface area contributed by atoms with Crippen LogP contribution in [0.1, 0.15) is 0 Å². The molecule has 0 unspecified atom stereocenters. The van der Waals surface area contributed by atoms with Crippen LogP contribution in [0.2, 0.25) is 0 Å². The fraction of sp³-hybridized carbons (Fsp3) is 0. The summed E-state index contributed by atoms with van der Waals surface area (Å²) in [6.07, 6.45) is 0. The van der Waals surface area contributed by atoms with E-state index in [9.17, 15) is 0 Å². The van der Waals surface area contributed by atoms with Gasteiger partial charge in [0, 0.05) is 0 Å². The molecular formula is C18H16IO-. The third kappa shape index (κ3) is 3.26. The Morgan fingerprint density at radius 3 is 0.900 bits per heavy atom. The van der Waals surface area contributed by atoms with Gasteiger partial charge in [-0.05, 0) is 0 Å². The molecule has 0 aliphatic carbocycles.